The van der Waals surface area contributed by atoms with Gasteiger partial charge in [0.05, 0.1) is 12.2 Å². The van der Waals surface area contributed by atoms with E-state index in [1.54, 1.807) is 12.1 Å². The summed E-state index contributed by atoms with van der Waals surface area (Å²) in [6.45, 7) is 10.9. The molecule has 2 unspecified atom stereocenters. The number of amides is 2. The predicted molar refractivity (Wildman–Crippen MR) is 128 cm³/mol. The Morgan fingerprint density at radius 1 is 0.788 bits per heavy atom. The van der Waals surface area contributed by atoms with Crippen LogP contribution >= 0.6 is 0 Å². The molecule has 2 heterocycles. The average molecular weight is 451 g/mol. The lowest BCUT2D eigenvalue weighted by Gasteiger charge is -2.35. The van der Waals surface area contributed by atoms with E-state index in [2.05, 4.69) is 35.8 Å². The van der Waals surface area contributed by atoms with Crippen LogP contribution in [0.4, 0.5) is 0 Å². The van der Waals surface area contributed by atoms with Crippen LogP contribution in [0, 0.1) is 0 Å². The second-order valence-corrected chi connectivity index (χ2v) is 9.28. The molecule has 2 saturated heterocycles. The SMILES string of the molecule is CC1CN(Cc2ccc(C(=O)N3CCN(Cc4ccc(C(N)=O)cc4)CC3)cc2)CC(C)O1. The average Bonchev–Trinajstić information content (AvgIpc) is 2.79. The van der Waals surface area contributed by atoms with Gasteiger partial charge in [-0.1, -0.05) is 24.3 Å². The van der Waals surface area contributed by atoms with Crippen molar-refractivity contribution in [2.45, 2.75) is 39.1 Å². The minimum Gasteiger partial charge on any atom is -0.373 e. The summed E-state index contributed by atoms with van der Waals surface area (Å²) < 4.78 is 5.81. The van der Waals surface area contributed by atoms with Gasteiger partial charge in [0, 0.05) is 63.5 Å². The Bertz CT molecular complexity index is 943. The number of piperazine rings is 1. The zero-order chi connectivity index (χ0) is 23.4. The highest BCUT2D eigenvalue weighted by molar-refractivity contribution is 5.94. The van der Waals surface area contributed by atoms with E-state index in [0.717, 1.165) is 50.4 Å². The van der Waals surface area contributed by atoms with Gasteiger partial charge in [-0.05, 0) is 49.2 Å². The standard InChI is InChI=1S/C26H34N4O3/c1-19-15-29(16-20(2)33-19)18-22-5-9-24(10-6-22)26(32)30-13-11-28(12-14-30)17-21-3-7-23(8-4-21)25(27)31/h3-10,19-20H,11-18H2,1-2H3,(H2,27,31). The van der Waals surface area contributed by atoms with Crippen LogP contribution in [0.2, 0.25) is 0 Å². The second kappa shape index (κ2) is 10.5. The highest BCUT2D eigenvalue weighted by Crippen LogP contribution is 2.17. The number of hydrogen-bond donors (Lipinski definition) is 1. The van der Waals surface area contributed by atoms with Crippen LogP contribution in [-0.4, -0.2) is 78.0 Å². The highest BCUT2D eigenvalue weighted by Gasteiger charge is 2.24. The number of benzene rings is 2. The number of nitrogens with zero attached hydrogens (tertiary/aromatic N) is 3. The van der Waals surface area contributed by atoms with Crippen LogP contribution in [-0.2, 0) is 17.8 Å². The first-order chi connectivity index (χ1) is 15.9. The molecule has 2 atom stereocenters. The van der Waals surface area contributed by atoms with E-state index >= 15 is 0 Å². The molecule has 2 aromatic rings. The van der Waals surface area contributed by atoms with Crippen LogP contribution in [0.5, 0.6) is 0 Å². The van der Waals surface area contributed by atoms with Gasteiger partial charge in [0.1, 0.15) is 0 Å². The first-order valence-electron chi connectivity index (χ1n) is 11.7. The third-order valence-corrected chi connectivity index (χ3v) is 6.41. The Balaban J connectivity index is 1.26. The molecule has 0 spiro atoms. The molecule has 2 N–H and O–H groups in total. The molecular formula is C26H34N4O3. The van der Waals surface area contributed by atoms with Gasteiger partial charge >= 0.3 is 0 Å². The monoisotopic (exact) mass is 450 g/mol. The molecule has 7 heteroatoms. The largest absolute Gasteiger partial charge is 0.373 e. The summed E-state index contributed by atoms with van der Waals surface area (Å²) in [7, 11) is 0. The van der Waals surface area contributed by atoms with Crippen LogP contribution in [0.1, 0.15) is 45.7 Å². The molecule has 33 heavy (non-hydrogen) atoms. The summed E-state index contributed by atoms with van der Waals surface area (Å²) in [6.07, 6.45) is 0.505. The normalized spacial score (nSPS) is 22.3. The predicted octanol–water partition coefficient (Wildman–Crippen LogP) is 2.35. The van der Waals surface area contributed by atoms with Crippen molar-refractivity contribution >= 4 is 11.8 Å². The van der Waals surface area contributed by atoms with Crippen molar-refractivity contribution in [3.63, 3.8) is 0 Å². The van der Waals surface area contributed by atoms with Crippen molar-refractivity contribution in [1.29, 1.82) is 0 Å². The first kappa shape index (κ1) is 23.4. The van der Waals surface area contributed by atoms with Crippen molar-refractivity contribution in [2.75, 3.05) is 39.3 Å². The third-order valence-electron chi connectivity index (χ3n) is 6.41. The maximum atomic E-state index is 13.0. The molecule has 7 nitrogen and oxygen atoms in total. The van der Waals surface area contributed by atoms with Crippen molar-refractivity contribution < 1.29 is 14.3 Å². The van der Waals surface area contributed by atoms with E-state index in [4.69, 9.17) is 10.5 Å². The zero-order valence-electron chi connectivity index (χ0n) is 19.6. The van der Waals surface area contributed by atoms with Crippen LogP contribution < -0.4 is 5.73 Å². The molecule has 2 fully saturated rings. The number of carbonyl (C=O) groups excluding carboxylic acids is 2. The van der Waals surface area contributed by atoms with E-state index in [1.807, 2.05) is 29.2 Å². The minimum absolute atomic E-state index is 0.0978. The van der Waals surface area contributed by atoms with Gasteiger partial charge in [-0.3, -0.25) is 19.4 Å². The molecule has 0 radical (unpaired) electrons. The fraction of sp³-hybridized carbons (Fsp3) is 0.462. The lowest BCUT2D eigenvalue weighted by atomic mass is 10.1. The summed E-state index contributed by atoms with van der Waals surface area (Å²) >= 11 is 0. The lowest BCUT2D eigenvalue weighted by Crippen LogP contribution is -2.48. The molecule has 2 aliphatic rings. The number of carbonyl (C=O) groups is 2. The van der Waals surface area contributed by atoms with Gasteiger partial charge in [-0.2, -0.15) is 0 Å². The molecule has 176 valence electrons. The maximum absolute atomic E-state index is 13.0. The van der Waals surface area contributed by atoms with E-state index < -0.39 is 5.91 Å². The van der Waals surface area contributed by atoms with E-state index in [1.165, 1.54) is 5.56 Å². The van der Waals surface area contributed by atoms with Crippen molar-refractivity contribution in [3.8, 4) is 0 Å². The highest BCUT2D eigenvalue weighted by atomic mass is 16.5. The lowest BCUT2D eigenvalue weighted by molar-refractivity contribution is -0.0704. The number of nitrogens with two attached hydrogens (primary N) is 1. The van der Waals surface area contributed by atoms with E-state index in [-0.39, 0.29) is 18.1 Å². The summed E-state index contributed by atoms with van der Waals surface area (Å²) in [4.78, 5) is 30.9. The first-order valence-corrected chi connectivity index (χ1v) is 11.7. The molecule has 2 aliphatic heterocycles. The molecule has 2 amide bonds. The number of rotatable bonds is 6. The number of primary amides is 1. The van der Waals surface area contributed by atoms with Gasteiger partial charge in [0.15, 0.2) is 0 Å². The second-order valence-electron chi connectivity index (χ2n) is 9.28. The summed E-state index contributed by atoms with van der Waals surface area (Å²) in [5, 5.41) is 0. The number of morpholine rings is 1. The van der Waals surface area contributed by atoms with Crippen molar-refractivity contribution in [2.24, 2.45) is 5.73 Å². The van der Waals surface area contributed by atoms with Gasteiger partial charge in [0.25, 0.3) is 5.91 Å². The van der Waals surface area contributed by atoms with Crippen LogP contribution in [0.15, 0.2) is 48.5 Å². The summed E-state index contributed by atoms with van der Waals surface area (Å²) in [6, 6.07) is 15.5. The third kappa shape index (κ3) is 6.19. The Hall–Kier alpha value is -2.74. The van der Waals surface area contributed by atoms with Crippen LogP contribution in [0.3, 0.4) is 0 Å². The smallest absolute Gasteiger partial charge is 0.253 e. The van der Waals surface area contributed by atoms with Crippen LogP contribution in [0.25, 0.3) is 0 Å². The van der Waals surface area contributed by atoms with E-state index in [0.29, 0.717) is 18.7 Å². The Morgan fingerprint density at radius 3 is 1.79 bits per heavy atom. The zero-order valence-corrected chi connectivity index (χ0v) is 19.6. The molecular weight excluding hydrogens is 416 g/mol. The van der Waals surface area contributed by atoms with E-state index in [9.17, 15) is 9.59 Å². The topological polar surface area (TPSA) is 79.1 Å². The van der Waals surface area contributed by atoms with Gasteiger partial charge in [0.2, 0.25) is 5.91 Å². The maximum Gasteiger partial charge on any atom is 0.253 e. The Kier molecular flexibility index (Phi) is 7.42. The molecule has 0 saturated carbocycles. The minimum atomic E-state index is -0.410. The Labute approximate surface area is 196 Å². The van der Waals surface area contributed by atoms with Gasteiger partial charge in [-0.15, -0.1) is 0 Å². The molecule has 0 aliphatic carbocycles. The molecule has 0 bridgehead atoms. The van der Waals surface area contributed by atoms with Gasteiger partial charge < -0.3 is 15.4 Å². The van der Waals surface area contributed by atoms with Crippen molar-refractivity contribution in [3.05, 3.63) is 70.8 Å². The molecule has 0 aromatic heterocycles. The quantitative estimate of drug-likeness (QED) is 0.731. The number of hydrogen-bond acceptors (Lipinski definition) is 5. The fourth-order valence-electron chi connectivity index (χ4n) is 4.75. The number of ether oxygens (including phenoxy) is 1. The van der Waals surface area contributed by atoms with Crippen molar-refractivity contribution in [1.82, 2.24) is 14.7 Å². The summed E-state index contributed by atoms with van der Waals surface area (Å²) in [5.41, 5.74) is 8.94. The fourth-order valence-corrected chi connectivity index (χ4v) is 4.75. The molecule has 4 rings (SSSR count). The molecule has 2 aromatic carbocycles. The Morgan fingerprint density at radius 2 is 1.27 bits per heavy atom. The van der Waals surface area contributed by atoms with Gasteiger partial charge in [-0.25, -0.2) is 0 Å². The summed E-state index contributed by atoms with van der Waals surface area (Å²) in [5.74, 6) is -0.312.